The van der Waals surface area contributed by atoms with E-state index in [9.17, 15) is 13.2 Å². The molecule has 0 amide bonds. The van der Waals surface area contributed by atoms with Crippen molar-refractivity contribution in [1.82, 2.24) is 4.98 Å². The lowest BCUT2D eigenvalue weighted by atomic mass is 10.1. The Morgan fingerprint density at radius 2 is 1.88 bits per heavy atom. The number of fused-ring (bicyclic) bond motifs is 1. The van der Waals surface area contributed by atoms with Gasteiger partial charge in [-0.2, -0.15) is 25.8 Å². The van der Waals surface area contributed by atoms with Crippen LogP contribution < -0.4 is 0 Å². The first-order chi connectivity index (χ1) is 7.50. The van der Waals surface area contributed by atoms with Gasteiger partial charge in [-0.1, -0.05) is 12.1 Å². The number of alkyl halides is 3. The molecule has 84 valence electrons. The number of benzene rings is 1. The standard InChI is InChI=1S/C11H8F3NS/c12-11(13,14)10-4-2-8-5-7(6-16)1-3-9(8)15-10/h1-5,16H,6H2. The number of halogens is 3. The summed E-state index contributed by atoms with van der Waals surface area (Å²) in [4.78, 5) is 3.57. The summed E-state index contributed by atoms with van der Waals surface area (Å²) in [6, 6.07) is 7.51. The summed E-state index contributed by atoms with van der Waals surface area (Å²) < 4.78 is 37.2. The molecule has 0 saturated carbocycles. The van der Waals surface area contributed by atoms with Crippen LogP contribution in [0.15, 0.2) is 30.3 Å². The molecule has 0 N–H and O–H groups in total. The van der Waals surface area contributed by atoms with Gasteiger partial charge in [-0.25, -0.2) is 4.98 Å². The lowest BCUT2D eigenvalue weighted by Gasteiger charge is -2.07. The molecule has 0 atom stereocenters. The Balaban J connectivity index is 2.56. The van der Waals surface area contributed by atoms with Crippen molar-refractivity contribution < 1.29 is 13.2 Å². The molecule has 2 aromatic rings. The summed E-state index contributed by atoms with van der Waals surface area (Å²) in [5.41, 5.74) is 0.441. The Bertz CT molecular complexity index is 522. The van der Waals surface area contributed by atoms with Crippen LogP contribution in [0.5, 0.6) is 0 Å². The normalized spacial score (nSPS) is 12.0. The number of aromatic nitrogens is 1. The van der Waals surface area contributed by atoms with E-state index in [0.29, 0.717) is 16.7 Å². The molecule has 5 heteroatoms. The van der Waals surface area contributed by atoms with Crippen LogP contribution in [0.25, 0.3) is 10.9 Å². The SMILES string of the molecule is FC(F)(F)c1ccc2cc(CS)ccc2n1. The highest BCUT2D eigenvalue weighted by Crippen LogP contribution is 2.29. The summed E-state index contributed by atoms with van der Waals surface area (Å²) in [7, 11) is 0. The minimum atomic E-state index is -4.39. The summed E-state index contributed by atoms with van der Waals surface area (Å²) in [5.74, 6) is 0.553. The Kier molecular flexibility index (Phi) is 2.80. The van der Waals surface area contributed by atoms with Crippen LogP contribution in [0.3, 0.4) is 0 Å². The van der Waals surface area contributed by atoms with E-state index in [1.54, 1.807) is 18.2 Å². The molecule has 1 aromatic heterocycles. The van der Waals surface area contributed by atoms with Crippen LogP contribution in [-0.4, -0.2) is 4.98 Å². The molecule has 1 aromatic carbocycles. The van der Waals surface area contributed by atoms with Crippen molar-refractivity contribution in [2.24, 2.45) is 0 Å². The Morgan fingerprint density at radius 3 is 2.50 bits per heavy atom. The number of rotatable bonds is 1. The zero-order valence-electron chi connectivity index (χ0n) is 8.12. The number of hydrogen-bond acceptors (Lipinski definition) is 2. The van der Waals surface area contributed by atoms with Gasteiger partial charge in [0.25, 0.3) is 0 Å². The number of thiol groups is 1. The lowest BCUT2D eigenvalue weighted by Crippen LogP contribution is -2.07. The van der Waals surface area contributed by atoms with Crippen LogP contribution in [0, 0.1) is 0 Å². The van der Waals surface area contributed by atoms with E-state index in [1.807, 2.05) is 0 Å². The number of hydrogen-bond donors (Lipinski definition) is 1. The Morgan fingerprint density at radius 1 is 1.12 bits per heavy atom. The predicted molar refractivity (Wildman–Crippen MR) is 59.4 cm³/mol. The third-order valence-electron chi connectivity index (χ3n) is 2.23. The highest BCUT2D eigenvalue weighted by Gasteiger charge is 2.32. The van der Waals surface area contributed by atoms with Crippen molar-refractivity contribution in [1.29, 1.82) is 0 Å². The van der Waals surface area contributed by atoms with Crippen molar-refractivity contribution in [3.63, 3.8) is 0 Å². The maximum atomic E-state index is 12.4. The minimum Gasteiger partial charge on any atom is -0.243 e. The molecule has 0 aliphatic heterocycles. The molecule has 16 heavy (non-hydrogen) atoms. The molecular formula is C11H8F3NS. The van der Waals surface area contributed by atoms with Crippen LogP contribution in [0.2, 0.25) is 0 Å². The highest BCUT2D eigenvalue weighted by atomic mass is 32.1. The highest BCUT2D eigenvalue weighted by molar-refractivity contribution is 7.79. The van der Waals surface area contributed by atoms with Gasteiger partial charge in [0.1, 0.15) is 5.69 Å². The molecule has 0 aliphatic rings. The fraction of sp³-hybridized carbons (Fsp3) is 0.182. The molecule has 0 spiro atoms. The van der Waals surface area contributed by atoms with Crippen molar-refractivity contribution >= 4 is 23.5 Å². The maximum Gasteiger partial charge on any atom is 0.433 e. The fourth-order valence-electron chi connectivity index (χ4n) is 1.43. The number of pyridine rings is 1. The topological polar surface area (TPSA) is 12.9 Å². The summed E-state index contributed by atoms with van der Waals surface area (Å²) in [5, 5.41) is 0.694. The first-order valence-electron chi connectivity index (χ1n) is 4.58. The largest absolute Gasteiger partial charge is 0.433 e. The van der Waals surface area contributed by atoms with Crippen molar-refractivity contribution in [3.8, 4) is 0 Å². The predicted octanol–water partition coefficient (Wildman–Crippen LogP) is 3.68. The van der Waals surface area contributed by atoms with E-state index < -0.39 is 11.9 Å². The molecule has 0 bridgehead atoms. The van der Waals surface area contributed by atoms with Gasteiger partial charge in [0.15, 0.2) is 0 Å². The van der Waals surface area contributed by atoms with E-state index in [1.165, 1.54) is 6.07 Å². The molecule has 2 rings (SSSR count). The van der Waals surface area contributed by atoms with Gasteiger partial charge in [0.05, 0.1) is 5.52 Å². The quantitative estimate of drug-likeness (QED) is 0.754. The lowest BCUT2D eigenvalue weighted by molar-refractivity contribution is -0.140. The minimum absolute atomic E-state index is 0.348. The van der Waals surface area contributed by atoms with E-state index in [-0.39, 0.29) is 0 Å². The summed E-state index contributed by atoms with van der Waals surface area (Å²) in [6.45, 7) is 0. The van der Waals surface area contributed by atoms with E-state index >= 15 is 0 Å². The second-order valence-corrected chi connectivity index (χ2v) is 3.70. The zero-order valence-corrected chi connectivity index (χ0v) is 9.02. The van der Waals surface area contributed by atoms with Gasteiger partial charge in [-0.3, -0.25) is 0 Å². The van der Waals surface area contributed by atoms with E-state index in [2.05, 4.69) is 17.6 Å². The van der Waals surface area contributed by atoms with E-state index in [0.717, 1.165) is 11.6 Å². The first-order valence-corrected chi connectivity index (χ1v) is 5.22. The molecule has 1 nitrogen and oxygen atoms in total. The van der Waals surface area contributed by atoms with Gasteiger partial charge >= 0.3 is 6.18 Å². The Hall–Kier alpha value is -1.23. The second kappa shape index (κ2) is 3.97. The van der Waals surface area contributed by atoms with Gasteiger partial charge in [0, 0.05) is 11.1 Å². The van der Waals surface area contributed by atoms with Crippen molar-refractivity contribution in [2.75, 3.05) is 0 Å². The van der Waals surface area contributed by atoms with Gasteiger partial charge < -0.3 is 0 Å². The van der Waals surface area contributed by atoms with Crippen LogP contribution in [-0.2, 0) is 11.9 Å². The summed E-state index contributed by atoms with van der Waals surface area (Å²) in [6.07, 6.45) is -4.39. The third kappa shape index (κ3) is 2.14. The Labute approximate surface area is 95.7 Å². The van der Waals surface area contributed by atoms with Crippen LogP contribution >= 0.6 is 12.6 Å². The summed E-state index contributed by atoms with van der Waals surface area (Å²) >= 11 is 4.10. The molecule has 0 unspecified atom stereocenters. The van der Waals surface area contributed by atoms with Crippen LogP contribution in [0.4, 0.5) is 13.2 Å². The fourth-order valence-corrected chi connectivity index (χ4v) is 1.63. The average Bonchev–Trinajstić information content (AvgIpc) is 2.26. The smallest absolute Gasteiger partial charge is 0.243 e. The van der Waals surface area contributed by atoms with Gasteiger partial charge in [0.2, 0.25) is 0 Å². The van der Waals surface area contributed by atoms with Crippen LogP contribution in [0.1, 0.15) is 11.3 Å². The third-order valence-corrected chi connectivity index (χ3v) is 2.59. The molecule has 0 radical (unpaired) electrons. The molecular weight excluding hydrogens is 235 g/mol. The average molecular weight is 243 g/mol. The molecule has 0 aliphatic carbocycles. The van der Waals surface area contributed by atoms with Gasteiger partial charge in [-0.15, -0.1) is 0 Å². The van der Waals surface area contributed by atoms with E-state index in [4.69, 9.17) is 0 Å². The molecule has 1 heterocycles. The second-order valence-electron chi connectivity index (χ2n) is 3.38. The van der Waals surface area contributed by atoms with Gasteiger partial charge in [-0.05, 0) is 23.8 Å². The molecule has 0 fully saturated rings. The monoisotopic (exact) mass is 243 g/mol. The van der Waals surface area contributed by atoms with Crippen molar-refractivity contribution in [3.05, 3.63) is 41.6 Å². The maximum absolute atomic E-state index is 12.4. The number of nitrogens with zero attached hydrogens (tertiary/aromatic N) is 1. The van der Waals surface area contributed by atoms with Crippen molar-refractivity contribution in [2.45, 2.75) is 11.9 Å². The zero-order chi connectivity index (χ0) is 11.8. The molecule has 0 saturated heterocycles. The first kappa shape index (κ1) is 11.3.